The molecule has 2 aromatic carbocycles. The first kappa shape index (κ1) is 20.9. The number of piperazine rings is 1. The van der Waals surface area contributed by atoms with Crippen molar-refractivity contribution in [3.05, 3.63) is 58.7 Å². The van der Waals surface area contributed by atoms with Crippen LogP contribution in [0.5, 0.6) is 11.5 Å². The number of methoxy groups -OCH3 is 2. The molecule has 154 valence electrons. The first-order chi connectivity index (χ1) is 13.9. The monoisotopic (exact) mass is 396 g/mol. The van der Waals surface area contributed by atoms with Gasteiger partial charge in [-0.05, 0) is 43.2 Å². The summed E-state index contributed by atoms with van der Waals surface area (Å²) < 4.78 is 10.7. The van der Waals surface area contributed by atoms with Crippen molar-refractivity contribution in [3.63, 3.8) is 0 Å². The van der Waals surface area contributed by atoms with Gasteiger partial charge in [0.2, 0.25) is 0 Å². The molecule has 0 N–H and O–H groups in total. The van der Waals surface area contributed by atoms with E-state index in [9.17, 15) is 9.59 Å². The molecule has 3 rings (SSSR count). The molecule has 1 heterocycles. The van der Waals surface area contributed by atoms with Gasteiger partial charge in [-0.15, -0.1) is 0 Å². The third kappa shape index (κ3) is 4.59. The minimum Gasteiger partial charge on any atom is -0.496 e. The van der Waals surface area contributed by atoms with E-state index in [1.807, 2.05) is 32.0 Å². The number of carbonyl (C=O) groups is 2. The molecule has 6 heteroatoms. The third-order valence-corrected chi connectivity index (χ3v) is 5.50. The topological polar surface area (TPSA) is 59.1 Å². The fourth-order valence-electron chi connectivity index (χ4n) is 3.54. The second kappa shape index (κ2) is 9.09. The Hall–Kier alpha value is -2.86. The lowest BCUT2D eigenvalue weighted by atomic mass is 10.0. The Morgan fingerprint density at radius 1 is 0.897 bits per heavy atom. The Bertz CT molecular complexity index is 879. The van der Waals surface area contributed by atoms with Crippen LogP contribution in [-0.2, 0) is 0 Å². The van der Waals surface area contributed by atoms with E-state index in [2.05, 4.69) is 4.90 Å². The van der Waals surface area contributed by atoms with E-state index in [4.69, 9.17) is 9.47 Å². The van der Waals surface area contributed by atoms with E-state index < -0.39 is 0 Å². The minimum atomic E-state index is -0.112. The average Bonchev–Trinajstić information content (AvgIpc) is 2.74. The van der Waals surface area contributed by atoms with E-state index in [0.29, 0.717) is 49.8 Å². The van der Waals surface area contributed by atoms with E-state index in [-0.39, 0.29) is 11.7 Å². The maximum Gasteiger partial charge on any atom is 0.261 e. The van der Waals surface area contributed by atoms with Gasteiger partial charge in [0.25, 0.3) is 5.91 Å². The van der Waals surface area contributed by atoms with Gasteiger partial charge in [0.15, 0.2) is 5.78 Å². The molecular formula is C23H28N2O4. The fourth-order valence-corrected chi connectivity index (χ4v) is 3.54. The molecule has 0 aromatic heterocycles. The number of hydrogen-bond donors (Lipinski definition) is 0. The fraction of sp³-hybridized carbons (Fsp3) is 0.391. The predicted octanol–water partition coefficient (Wildman–Crippen LogP) is 2.96. The Morgan fingerprint density at radius 2 is 1.52 bits per heavy atom. The highest BCUT2D eigenvalue weighted by Crippen LogP contribution is 2.29. The summed E-state index contributed by atoms with van der Waals surface area (Å²) in [6, 6.07) is 11.1. The summed E-state index contributed by atoms with van der Waals surface area (Å²) in [6.45, 7) is 6.84. The summed E-state index contributed by atoms with van der Waals surface area (Å²) in [4.78, 5) is 29.6. The quantitative estimate of drug-likeness (QED) is 0.703. The highest BCUT2D eigenvalue weighted by atomic mass is 16.5. The molecule has 1 fully saturated rings. The number of amides is 1. The Balaban J connectivity index is 1.63. The Labute approximate surface area is 172 Å². The first-order valence-electron chi connectivity index (χ1n) is 9.77. The number of rotatable bonds is 6. The number of Topliss-reactive ketones (excluding diaryl/α,β-unsaturated/α-hetero) is 1. The maximum atomic E-state index is 13.1. The van der Waals surface area contributed by atoms with Crippen molar-refractivity contribution >= 4 is 11.7 Å². The first-order valence-corrected chi connectivity index (χ1v) is 9.77. The van der Waals surface area contributed by atoms with Crippen LogP contribution in [0.25, 0.3) is 0 Å². The van der Waals surface area contributed by atoms with Crippen LogP contribution in [-0.4, -0.2) is 68.4 Å². The van der Waals surface area contributed by atoms with E-state index in [1.54, 1.807) is 37.3 Å². The summed E-state index contributed by atoms with van der Waals surface area (Å²) in [5, 5.41) is 0. The SMILES string of the molecule is COc1cccc(OC)c1C(=O)N1CCN(CC(=O)c2ccc(C)c(C)c2)CC1. The molecule has 6 nitrogen and oxygen atoms in total. The van der Waals surface area contributed by atoms with Crippen LogP contribution >= 0.6 is 0 Å². The molecule has 2 aromatic rings. The molecule has 0 saturated carbocycles. The second-order valence-corrected chi connectivity index (χ2v) is 7.33. The van der Waals surface area contributed by atoms with Gasteiger partial charge in [-0.25, -0.2) is 0 Å². The molecule has 0 atom stereocenters. The van der Waals surface area contributed by atoms with Crippen LogP contribution in [0.1, 0.15) is 31.8 Å². The lowest BCUT2D eigenvalue weighted by Gasteiger charge is -2.34. The van der Waals surface area contributed by atoms with Crippen molar-refractivity contribution in [2.24, 2.45) is 0 Å². The van der Waals surface area contributed by atoms with Crippen molar-refractivity contribution in [3.8, 4) is 11.5 Å². The van der Waals surface area contributed by atoms with Crippen molar-refractivity contribution < 1.29 is 19.1 Å². The molecule has 0 aliphatic carbocycles. The molecule has 0 radical (unpaired) electrons. The van der Waals surface area contributed by atoms with Gasteiger partial charge in [-0.2, -0.15) is 0 Å². The molecule has 1 aliphatic heterocycles. The highest BCUT2D eigenvalue weighted by molar-refractivity contribution is 6.00. The zero-order valence-electron chi connectivity index (χ0n) is 17.5. The average molecular weight is 396 g/mol. The number of nitrogens with zero attached hydrogens (tertiary/aromatic N) is 2. The van der Waals surface area contributed by atoms with Crippen LogP contribution in [0.15, 0.2) is 36.4 Å². The zero-order chi connectivity index (χ0) is 21.0. The predicted molar refractivity (Wildman–Crippen MR) is 112 cm³/mol. The van der Waals surface area contributed by atoms with Crippen LogP contribution < -0.4 is 9.47 Å². The van der Waals surface area contributed by atoms with Gasteiger partial charge < -0.3 is 14.4 Å². The molecule has 0 unspecified atom stereocenters. The number of carbonyl (C=O) groups excluding carboxylic acids is 2. The Morgan fingerprint density at radius 3 is 2.07 bits per heavy atom. The molecule has 29 heavy (non-hydrogen) atoms. The van der Waals surface area contributed by atoms with Gasteiger partial charge in [0, 0.05) is 31.7 Å². The summed E-state index contributed by atoms with van der Waals surface area (Å²) in [5.41, 5.74) is 3.49. The molecule has 0 bridgehead atoms. The molecule has 1 saturated heterocycles. The van der Waals surface area contributed by atoms with Crippen LogP contribution in [0, 0.1) is 13.8 Å². The molecule has 0 spiro atoms. The largest absolute Gasteiger partial charge is 0.496 e. The van der Waals surface area contributed by atoms with Crippen molar-refractivity contribution in [2.45, 2.75) is 13.8 Å². The molecule has 1 amide bonds. The summed E-state index contributed by atoms with van der Waals surface area (Å²) in [5.74, 6) is 1.00. The number of aryl methyl sites for hydroxylation is 2. The lowest BCUT2D eigenvalue weighted by Crippen LogP contribution is -2.50. The van der Waals surface area contributed by atoms with Gasteiger partial charge in [-0.1, -0.05) is 18.2 Å². The molecular weight excluding hydrogens is 368 g/mol. The van der Waals surface area contributed by atoms with E-state index in [0.717, 1.165) is 11.1 Å². The Kier molecular flexibility index (Phi) is 6.54. The summed E-state index contributed by atoms with van der Waals surface area (Å²) in [7, 11) is 3.09. The summed E-state index contributed by atoms with van der Waals surface area (Å²) in [6.07, 6.45) is 0. The maximum absolute atomic E-state index is 13.1. The van der Waals surface area contributed by atoms with Crippen LogP contribution in [0.3, 0.4) is 0 Å². The number of ether oxygens (including phenoxy) is 2. The standard InChI is InChI=1S/C23H28N2O4/c1-16-8-9-18(14-17(16)2)19(26)15-24-10-12-25(13-11-24)23(27)22-20(28-3)6-5-7-21(22)29-4/h5-9,14H,10-13,15H2,1-4H3. The zero-order valence-corrected chi connectivity index (χ0v) is 17.5. The van der Waals surface area contributed by atoms with E-state index >= 15 is 0 Å². The minimum absolute atomic E-state index is 0.110. The number of ketones is 1. The summed E-state index contributed by atoms with van der Waals surface area (Å²) >= 11 is 0. The van der Waals surface area contributed by atoms with Gasteiger partial charge >= 0.3 is 0 Å². The van der Waals surface area contributed by atoms with Gasteiger partial charge in [0.1, 0.15) is 17.1 Å². The van der Waals surface area contributed by atoms with Crippen molar-refractivity contribution in [2.75, 3.05) is 46.9 Å². The molecule has 1 aliphatic rings. The third-order valence-electron chi connectivity index (χ3n) is 5.50. The number of benzene rings is 2. The highest BCUT2D eigenvalue weighted by Gasteiger charge is 2.27. The number of hydrogen-bond acceptors (Lipinski definition) is 5. The normalized spacial score (nSPS) is 14.6. The van der Waals surface area contributed by atoms with Gasteiger partial charge in [0.05, 0.1) is 20.8 Å². The van der Waals surface area contributed by atoms with Crippen LogP contribution in [0.4, 0.5) is 0 Å². The van der Waals surface area contributed by atoms with Crippen molar-refractivity contribution in [1.82, 2.24) is 9.80 Å². The van der Waals surface area contributed by atoms with Crippen LogP contribution in [0.2, 0.25) is 0 Å². The second-order valence-electron chi connectivity index (χ2n) is 7.33. The smallest absolute Gasteiger partial charge is 0.261 e. The van der Waals surface area contributed by atoms with Gasteiger partial charge in [-0.3, -0.25) is 14.5 Å². The van der Waals surface area contributed by atoms with E-state index in [1.165, 1.54) is 5.56 Å². The van der Waals surface area contributed by atoms with Crippen molar-refractivity contribution in [1.29, 1.82) is 0 Å². The lowest BCUT2D eigenvalue weighted by molar-refractivity contribution is 0.0618.